The second kappa shape index (κ2) is 14.8. The average molecular weight is 649 g/mol. The van der Waals surface area contributed by atoms with Gasteiger partial charge in [-0.2, -0.15) is 15.3 Å². The van der Waals surface area contributed by atoms with Crippen LogP contribution in [0.25, 0.3) is 0 Å². The molecule has 5 unspecified atom stereocenters. The number of benzene rings is 4. The zero-order chi connectivity index (χ0) is 32.8. The van der Waals surface area contributed by atoms with Crippen molar-refractivity contribution in [3.05, 3.63) is 144 Å². The van der Waals surface area contributed by atoms with Gasteiger partial charge in [-0.25, -0.2) is 0 Å². The summed E-state index contributed by atoms with van der Waals surface area (Å²) in [5.74, 6) is 0.897. The molecule has 5 atom stereocenters. The van der Waals surface area contributed by atoms with Crippen molar-refractivity contribution < 1.29 is 0 Å². The Morgan fingerprint density at radius 1 is 0.673 bits per heavy atom. The van der Waals surface area contributed by atoms with Crippen molar-refractivity contribution in [3.8, 4) is 0 Å². The highest BCUT2D eigenvalue weighted by Gasteiger charge is 2.38. The number of hydrazone groups is 3. The Morgan fingerprint density at radius 2 is 1.22 bits per heavy atom. The summed E-state index contributed by atoms with van der Waals surface area (Å²) in [6.45, 7) is 3.03. The quantitative estimate of drug-likeness (QED) is 0.0955. The van der Waals surface area contributed by atoms with E-state index < -0.39 is 0 Å². The fourth-order valence-electron chi connectivity index (χ4n) is 7.67. The van der Waals surface area contributed by atoms with Crippen molar-refractivity contribution in [2.75, 3.05) is 19.6 Å². The number of hydrogen-bond acceptors (Lipinski definition) is 6. The number of rotatable bonds is 15. The molecule has 4 aromatic carbocycles. The monoisotopic (exact) mass is 648 g/mol. The molecule has 0 amide bonds. The van der Waals surface area contributed by atoms with Crippen molar-refractivity contribution in [1.29, 1.82) is 0 Å². The summed E-state index contributed by atoms with van der Waals surface area (Å²) in [6.07, 6.45) is 10.9. The average Bonchev–Trinajstić information content (AvgIpc) is 4.10. The summed E-state index contributed by atoms with van der Waals surface area (Å²) in [4.78, 5) is 0. The van der Waals surface area contributed by atoms with E-state index in [0.29, 0.717) is 30.0 Å². The highest BCUT2D eigenvalue weighted by atomic mass is 15.6. The predicted octanol–water partition coefficient (Wildman–Crippen LogP) is 9.07. The van der Waals surface area contributed by atoms with E-state index in [0.717, 1.165) is 58.2 Å². The Kier molecular flexibility index (Phi) is 9.54. The molecule has 3 aliphatic heterocycles. The lowest BCUT2D eigenvalue weighted by Crippen LogP contribution is -2.23. The van der Waals surface area contributed by atoms with Gasteiger partial charge in [0, 0.05) is 23.6 Å². The molecule has 6 nitrogen and oxygen atoms in total. The minimum atomic E-state index is 0.383. The molecular formula is C43H48N6. The van der Waals surface area contributed by atoms with E-state index >= 15 is 0 Å². The zero-order valence-electron chi connectivity index (χ0n) is 28.5. The van der Waals surface area contributed by atoms with Gasteiger partial charge in [0.05, 0.1) is 37.8 Å². The SMILES string of the molecule is C(/CCC(CC1CCC/C1=N\N1CC1c1ccccc1)/C(CCc1ccccc1)=N/N1CC1c1ccccc1)=N\N1CC1c1ccccc1. The van der Waals surface area contributed by atoms with Crippen LogP contribution >= 0.6 is 0 Å². The molecule has 0 spiro atoms. The van der Waals surface area contributed by atoms with Crippen molar-refractivity contribution >= 4 is 17.6 Å². The summed E-state index contributed by atoms with van der Waals surface area (Å²) in [5.41, 5.74) is 8.23. The van der Waals surface area contributed by atoms with Crippen molar-refractivity contribution in [2.45, 2.75) is 69.5 Å². The maximum absolute atomic E-state index is 5.48. The third-order valence-electron chi connectivity index (χ3n) is 10.7. The maximum atomic E-state index is 5.48. The van der Waals surface area contributed by atoms with Gasteiger partial charge in [0.25, 0.3) is 0 Å². The Bertz CT molecular complexity index is 1740. The van der Waals surface area contributed by atoms with Crippen LogP contribution in [-0.4, -0.2) is 52.3 Å². The minimum Gasteiger partial charge on any atom is -0.286 e. The molecular weight excluding hydrogens is 601 g/mol. The lowest BCUT2D eigenvalue weighted by Gasteiger charge is -2.23. The van der Waals surface area contributed by atoms with E-state index in [9.17, 15) is 0 Å². The summed E-state index contributed by atoms with van der Waals surface area (Å²) in [6, 6.07) is 44.6. The van der Waals surface area contributed by atoms with Gasteiger partial charge >= 0.3 is 0 Å². The van der Waals surface area contributed by atoms with Crippen LogP contribution in [0.15, 0.2) is 137 Å². The van der Waals surface area contributed by atoms with Crippen LogP contribution in [0.1, 0.15) is 85.3 Å². The minimum absolute atomic E-state index is 0.383. The van der Waals surface area contributed by atoms with Gasteiger partial charge in [-0.05, 0) is 79.5 Å². The Hall–Kier alpha value is -4.71. The summed E-state index contributed by atoms with van der Waals surface area (Å²) >= 11 is 0. The third kappa shape index (κ3) is 8.13. The fourth-order valence-corrected chi connectivity index (χ4v) is 7.67. The highest BCUT2D eigenvalue weighted by Crippen LogP contribution is 2.40. The van der Waals surface area contributed by atoms with Crippen LogP contribution in [0.2, 0.25) is 0 Å². The van der Waals surface area contributed by atoms with Gasteiger partial charge in [0.15, 0.2) is 0 Å². The fraction of sp³-hybridized carbons (Fsp3) is 0.372. The van der Waals surface area contributed by atoms with Gasteiger partial charge in [-0.15, -0.1) is 0 Å². The maximum Gasteiger partial charge on any atom is 0.0912 e. The number of hydrogen-bond donors (Lipinski definition) is 0. The lowest BCUT2D eigenvalue weighted by atomic mass is 9.84. The number of aryl methyl sites for hydroxylation is 1. The Labute approximate surface area is 291 Å². The van der Waals surface area contributed by atoms with Crippen LogP contribution in [0.5, 0.6) is 0 Å². The van der Waals surface area contributed by atoms with Crippen molar-refractivity contribution in [3.63, 3.8) is 0 Å². The number of nitrogens with zero attached hydrogens (tertiary/aromatic N) is 6. The molecule has 250 valence electrons. The van der Waals surface area contributed by atoms with Gasteiger partial charge in [0.1, 0.15) is 0 Å². The molecule has 49 heavy (non-hydrogen) atoms. The van der Waals surface area contributed by atoms with Gasteiger partial charge in [-0.3, -0.25) is 15.0 Å². The molecule has 0 bridgehead atoms. The van der Waals surface area contributed by atoms with Crippen LogP contribution in [0, 0.1) is 11.8 Å². The largest absolute Gasteiger partial charge is 0.286 e. The first-order chi connectivity index (χ1) is 24.3. The normalized spacial score (nSPS) is 24.5. The molecule has 8 rings (SSSR count). The second-order valence-corrected chi connectivity index (χ2v) is 14.2. The first kappa shape index (κ1) is 31.6. The van der Waals surface area contributed by atoms with Crippen LogP contribution in [-0.2, 0) is 6.42 Å². The summed E-state index contributed by atoms with van der Waals surface area (Å²) < 4.78 is 0. The Balaban J connectivity index is 1.00. The van der Waals surface area contributed by atoms with Gasteiger partial charge in [-0.1, -0.05) is 121 Å². The summed E-state index contributed by atoms with van der Waals surface area (Å²) in [7, 11) is 0. The molecule has 1 aliphatic carbocycles. The molecule has 4 fully saturated rings. The molecule has 4 aromatic rings. The van der Waals surface area contributed by atoms with E-state index in [-0.39, 0.29) is 0 Å². The zero-order valence-corrected chi connectivity index (χ0v) is 28.5. The topological polar surface area (TPSA) is 46.1 Å². The highest BCUT2D eigenvalue weighted by molar-refractivity contribution is 5.91. The van der Waals surface area contributed by atoms with Crippen molar-refractivity contribution in [1.82, 2.24) is 15.0 Å². The molecule has 3 heterocycles. The molecule has 1 saturated carbocycles. The van der Waals surface area contributed by atoms with Crippen LogP contribution in [0.4, 0.5) is 0 Å². The van der Waals surface area contributed by atoms with Crippen LogP contribution in [0.3, 0.4) is 0 Å². The molecule has 4 aliphatic rings. The van der Waals surface area contributed by atoms with E-state index in [1.807, 2.05) is 0 Å². The predicted molar refractivity (Wildman–Crippen MR) is 200 cm³/mol. The van der Waals surface area contributed by atoms with E-state index in [2.05, 4.69) is 143 Å². The molecule has 0 N–H and O–H groups in total. The van der Waals surface area contributed by atoms with Crippen molar-refractivity contribution in [2.24, 2.45) is 27.1 Å². The summed E-state index contributed by atoms with van der Waals surface area (Å²) in [5, 5.41) is 22.5. The smallest absolute Gasteiger partial charge is 0.0912 e. The standard InChI is InChI=1S/C43H48N6/c1-5-15-33(16-6-1)26-27-40(46-49-32-43(49)36-21-11-4-12-22-36)38(24-14-28-44-47-30-41(47)34-17-7-2-8-18-34)29-37-23-13-25-39(37)45-48-31-42(48)35-19-9-3-10-20-35/h1-12,15-22,28,37-38,41-43H,13-14,23-27,29-32H2/b44-28+,45-39+,46-40+. The molecule has 0 radical (unpaired) electrons. The Morgan fingerprint density at radius 3 is 1.88 bits per heavy atom. The second-order valence-electron chi connectivity index (χ2n) is 14.2. The lowest BCUT2D eigenvalue weighted by molar-refractivity contribution is 0.468. The first-order valence-electron chi connectivity index (χ1n) is 18.4. The van der Waals surface area contributed by atoms with Gasteiger partial charge < -0.3 is 0 Å². The third-order valence-corrected chi connectivity index (χ3v) is 10.7. The molecule has 0 aromatic heterocycles. The molecule has 3 saturated heterocycles. The van der Waals surface area contributed by atoms with E-state index in [1.54, 1.807) is 0 Å². The first-order valence-corrected chi connectivity index (χ1v) is 18.4. The van der Waals surface area contributed by atoms with Crippen LogP contribution < -0.4 is 0 Å². The van der Waals surface area contributed by atoms with Gasteiger partial charge in [0.2, 0.25) is 0 Å². The van der Waals surface area contributed by atoms with E-state index in [4.69, 9.17) is 15.3 Å². The molecule has 6 heteroatoms. The van der Waals surface area contributed by atoms with E-state index in [1.165, 1.54) is 46.5 Å².